The summed E-state index contributed by atoms with van der Waals surface area (Å²) >= 11 is 0. The number of carbonyl (C=O) groups is 1. The molecule has 1 saturated carbocycles. The third-order valence-electron chi connectivity index (χ3n) is 2.96. The van der Waals surface area contributed by atoms with Crippen molar-refractivity contribution in [3.8, 4) is 0 Å². The average Bonchev–Trinajstić information content (AvgIpc) is 2.75. The summed E-state index contributed by atoms with van der Waals surface area (Å²) in [6.45, 7) is 4.19. The van der Waals surface area contributed by atoms with Crippen molar-refractivity contribution in [2.24, 2.45) is 5.92 Å². The van der Waals surface area contributed by atoms with Gasteiger partial charge in [0.1, 0.15) is 17.9 Å². The minimum atomic E-state index is 0.347. The summed E-state index contributed by atoms with van der Waals surface area (Å²) in [7, 11) is 0. The monoisotopic (exact) mass is 207 g/mol. The molecule has 1 aliphatic carbocycles. The maximum absolute atomic E-state index is 11.2. The van der Waals surface area contributed by atoms with Gasteiger partial charge in [0, 0.05) is 25.3 Å². The molecule has 0 aliphatic heterocycles. The standard InChI is InChI=1S/C11H17N3O/c1-8(2)14-11(12-7-13-14)6-9-3-4-10(15)5-9/h7-9H,3-6H2,1-2H3. The van der Waals surface area contributed by atoms with Gasteiger partial charge in [-0.05, 0) is 26.2 Å². The second-order valence-corrected chi connectivity index (χ2v) is 4.57. The van der Waals surface area contributed by atoms with Gasteiger partial charge >= 0.3 is 0 Å². The Morgan fingerprint density at radius 3 is 3.00 bits per heavy atom. The van der Waals surface area contributed by atoms with Gasteiger partial charge < -0.3 is 0 Å². The molecule has 0 N–H and O–H groups in total. The molecule has 1 fully saturated rings. The van der Waals surface area contributed by atoms with Gasteiger partial charge in [-0.25, -0.2) is 9.67 Å². The lowest BCUT2D eigenvalue weighted by Crippen LogP contribution is -2.11. The predicted molar refractivity (Wildman–Crippen MR) is 56.5 cm³/mol. The molecule has 2 rings (SSSR count). The van der Waals surface area contributed by atoms with E-state index in [1.165, 1.54) is 0 Å². The predicted octanol–water partition coefficient (Wildman–Crippen LogP) is 1.77. The van der Waals surface area contributed by atoms with Crippen molar-refractivity contribution in [1.82, 2.24) is 14.8 Å². The zero-order valence-corrected chi connectivity index (χ0v) is 9.31. The van der Waals surface area contributed by atoms with E-state index in [1.807, 2.05) is 4.68 Å². The molecule has 1 atom stereocenters. The summed E-state index contributed by atoms with van der Waals surface area (Å²) in [6.07, 6.45) is 4.99. The number of rotatable bonds is 3. The zero-order chi connectivity index (χ0) is 10.8. The third-order valence-corrected chi connectivity index (χ3v) is 2.96. The molecule has 1 aromatic rings. The smallest absolute Gasteiger partial charge is 0.138 e. The first kappa shape index (κ1) is 10.3. The van der Waals surface area contributed by atoms with E-state index in [0.717, 1.165) is 31.5 Å². The van der Waals surface area contributed by atoms with Gasteiger partial charge in [0.2, 0.25) is 0 Å². The van der Waals surface area contributed by atoms with Gasteiger partial charge in [0.15, 0.2) is 0 Å². The molecule has 1 aromatic heterocycles. The Labute approximate surface area is 89.7 Å². The fraction of sp³-hybridized carbons (Fsp3) is 0.727. The van der Waals surface area contributed by atoms with Gasteiger partial charge in [-0.1, -0.05) is 0 Å². The van der Waals surface area contributed by atoms with Crippen molar-refractivity contribution >= 4 is 5.78 Å². The molecule has 0 radical (unpaired) electrons. The molecule has 4 heteroatoms. The van der Waals surface area contributed by atoms with Crippen LogP contribution in [0.2, 0.25) is 0 Å². The van der Waals surface area contributed by atoms with Crippen LogP contribution >= 0.6 is 0 Å². The molecule has 0 aromatic carbocycles. The topological polar surface area (TPSA) is 47.8 Å². The van der Waals surface area contributed by atoms with Crippen LogP contribution in [0.4, 0.5) is 0 Å². The van der Waals surface area contributed by atoms with E-state index in [9.17, 15) is 4.79 Å². The van der Waals surface area contributed by atoms with Crippen molar-refractivity contribution in [2.75, 3.05) is 0 Å². The van der Waals surface area contributed by atoms with Crippen molar-refractivity contribution in [3.63, 3.8) is 0 Å². The fourth-order valence-corrected chi connectivity index (χ4v) is 2.18. The highest BCUT2D eigenvalue weighted by Gasteiger charge is 2.24. The lowest BCUT2D eigenvalue weighted by atomic mass is 10.0. The second kappa shape index (κ2) is 4.13. The number of hydrogen-bond acceptors (Lipinski definition) is 3. The van der Waals surface area contributed by atoms with E-state index in [0.29, 0.717) is 17.7 Å². The molecule has 82 valence electrons. The van der Waals surface area contributed by atoms with E-state index in [1.54, 1.807) is 6.33 Å². The van der Waals surface area contributed by atoms with Gasteiger partial charge in [0.05, 0.1) is 0 Å². The number of aromatic nitrogens is 3. The summed E-state index contributed by atoms with van der Waals surface area (Å²) < 4.78 is 1.95. The van der Waals surface area contributed by atoms with E-state index in [4.69, 9.17) is 0 Å². The number of Topliss-reactive ketones (excluding diaryl/α,β-unsaturated/α-hetero) is 1. The summed E-state index contributed by atoms with van der Waals surface area (Å²) in [5, 5.41) is 4.20. The van der Waals surface area contributed by atoms with Crippen molar-refractivity contribution in [3.05, 3.63) is 12.2 Å². The molecule has 4 nitrogen and oxygen atoms in total. The van der Waals surface area contributed by atoms with Gasteiger partial charge in [0.25, 0.3) is 0 Å². The minimum Gasteiger partial charge on any atom is -0.300 e. The third kappa shape index (κ3) is 2.25. The fourth-order valence-electron chi connectivity index (χ4n) is 2.18. The van der Waals surface area contributed by atoms with Crippen LogP contribution in [0.1, 0.15) is 45.0 Å². The van der Waals surface area contributed by atoms with Crippen LogP contribution in [0.15, 0.2) is 6.33 Å². The molecule has 1 heterocycles. The van der Waals surface area contributed by atoms with Crippen molar-refractivity contribution < 1.29 is 4.79 Å². The van der Waals surface area contributed by atoms with E-state index in [2.05, 4.69) is 23.9 Å². The Balaban J connectivity index is 2.04. The summed E-state index contributed by atoms with van der Waals surface area (Å²) in [6, 6.07) is 0.347. The highest BCUT2D eigenvalue weighted by Crippen LogP contribution is 2.25. The lowest BCUT2D eigenvalue weighted by Gasteiger charge is -2.11. The zero-order valence-electron chi connectivity index (χ0n) is 9.31. The Kier molecular flexibility index (Phi) is 2.84. The summed E-state index contributed by atoms with van der Waals surface area (Å²) in [5.74, 6) is 1.90. The lowest BCUT2D eigenvalue weighted by molar-refractivity contribution is -0.117. The average molecular weight is 207 g/mol. The molecular formula is C11H17N3O. The maximum atomic E-state index is 11.2. The first-order valence-corrected chi connectivity index (χ1v) is 5.57. The van der Waals surface area contributed by atoms with E-state index >= 15 is 0 Å². The number of ketones is 1. The second-order valence-electron chi connectivity index (χ2n) is 4.57. The number of carbonyl (C=O) groups excluding carboxylic acids is 1. The summed E-state index contributed by atoms with van der Waals surface area (Å²) in [5.41, 5.74) is 0. The Bertz CT molecular complexity index is 356. The van der Waals surface area contributed by atoms with Crippen LogP contribution < -0.4 is 0 Å². The Hall–Kier alpha value is -1.19. The van der Waals surface area contributed by atoms with Gasteiger partial charge in [-0.15, -0.1) is 0 Å². The quantitative estimate of drug-likeness (QED) is 0.759. The molecule has 15 heavy (non-hydrogen) atoms. The normalized spacial score (nSPS) is 21.5. The van der Waals surface area contributed by atoms with Crippen LogP contribution in [0, 0.1) is 5.92 Å². The summed E-state index contributed by atoms with van der Waals surface area (Å²) in [4.78, 5) is 15.4. The first-order chi connectivity index (χ1) is 7.16. The Morgan fingerprint density at radius 1 is 1.60 bits per heavy atom. The Morgan fingerprint density at radius 2 is 2.40 bits per heavy atom. The van der Waals surface area contributed by atoms with Crippen LogP contribution in [-0.2, 0) is 11.2 Å². The van der Waals surface area contributed by atoms with Crippen molar-refractivity contribution in [2.45, 2.75) is 45.6 Å². The first-order valence-electron chi connectivity index (χ1n) is 5.57. The van der Waals surface area contributed by atoms with Crippen LogP contribution in [0.3, 0.4) is 0 Å². The molecule has 1 unspecified atom stereocenters. The van der Waals surface area contributed by atoms with E-state index < -0.39 is 0 Å². The largest absolute Gasteiger partial charge is 0.300 e. The highest BCUT2D eigenvalue weighted by molar-refractivity contribution is 5.80. The number of nitrogens with zero attached hydrogens (tertiary/aromatic N) is 3. The van der Waals surface area contributed by atoms with E-state index in [-0.39, 0.29) is 0 Å². The minimum absolute atomic E-state index is 0.347. The van der Waals surface area contributed by atoms with Gasteiger partial charge in [-0.2, -0.15) is 5.10 Å². The molecule has 0 bridgehead atoms. The van der Waals surface area contributed by atoms with Crippen LogP contribution in [0.5, 0.6) is 0 Å². The maximum Gasteiger partial charge on any atom is 0.138 e. The molecular weight excluding hydrogens is 190 g/mol. The molecule has 1 aliphatic rings. The van der Waals surface area contributed by atoms with Gasteiger partial charge in [-0.3, -0.25) is 4.79 Å². The molecule has 0 saturated heterocycles. The highest BCUT2D eigenvalue weighted by atomic mass is 16.1. The van der Waals surface area contributed by atoms with Crippen molar-refractivity contribution in [1.29, 1.82) is 0 Å². The molecule has 0 spiro atoms. The van der Waals surface area contributed by atoms with Crippen LogP contribution in [0.25, 0.3) is 0 Å². The van der Waals surface area contributed by atoms with Crippen LogP contribution in [-0.4, -0.2) is 20.5 Å². The number of hydrogen-bond donors (Lipinski definition) is 0. The SMILES string of the molecule is CC(C)n1ncnc1CC1CCC(=O)C1. The molecule has 0 amide bonds.